The summed E-state index contributed by atoms with van der Waals surface area (Å²) >= 11 is 0. The third-order valence-electron chi connectivity index (χ3n) is 2.52. The van der Waals surface area contributed by atoms with E-state index in [0.717, 1.165) is 0 Å². The highest BCUT2D eigenvalue weighted by Gasteiger charge is 2.24. The molecule has 100 valence electrons. The van der Waals surface area contributed by atoms with Crippen LogP contribution in [0, 0.1) is 0 Å². The average Bonchev–Trinajstić information content (AvgIpc) is 2.28. The summed E-state index contributed by atoms with van der Waals surface area (Å²) in [6, 6.07) is 0.161. The van der Waals surface area contributed by atoms with Crippen molar-refractivity contribution in [2.24, 2.45) is 0 Å². The van der Waals surface area contributed by atoms with Gasteiger partial charge in [0, 0.05) is 13.1 Å². The fraction of sp³-hybridized carbons (Fsp3) is 0.667. The SMILES string of the molecule is CCOc1nc(N)nc(N2CCS(=O)(=O)CC2)n1. The van der Waals surface area contributed by atoms with E-state index < -0.39 is 9.84 Å². The smallest absolute Gasteiger partial charge is 0.323 e. The Morgan fingerprint density at radius 1 is 1.28 bits per heavy atom. The Bertz CT molecular complexity index is 519. The molecule has 18 heavy (non-hydrogen) atoms. The minimum atomic E-state index is -2.93. The van der Waals surface area contributed by atoms with Gasteiger partial charge in [0.2, 0.25) is 11.9 Å². The van der Waals surface area contributed by atoms with E-state index in [1.165, 1.54) is 0 Å². The minimum Gasteiger partial charge on any atom is -0.464 e. The highest BCUT2D eigenvalue weighted by Crippen LogP contribution is 2.16. The molecule has 1 aromatic heterocycles. The highest BCUT2D eigenvalue weighted by molar-refractivity contribution is 7.91. The molecule has 0 spiro atoms. The standard InChI is InChI=1S/C9H15N5O3S/c1-2-17-9-12-7(10)11-8(13-9)14-3-5-18(15,16)6-4-14/h2-6H2,1H3,(H2,10,11,12,13). The Morgan fingerprint density at radius 2 is 1.94 bits per heavy atom. The molecule has 1 aliphatic heterocycles. The van der Waals surface area contributed by atoms with Gasteiger partial charge in [0.15, 0.2) is 9.84 Å². The molecule has 2 rings (SSSR count). The van der Waals surface area contributed by atoms with Crippen molar-refractivity contribution >= 4 is 21.7 Å². The van der Waals surface area contributed by atoms with Gasteiger partial charge in [0.05, 0.1) is 18.1 Å². The van der Waals surface area contributed by atoms with E-state index in [9.17, 15) is 8.42 Å². The maximum absolute atomic E-state index is 11.3. The third-order valence-corrected chi connectivity index (χ3v) is 4.13. The van der Waals surface area contributed by atoms with Gasteiger partial charge in [-0.25, -0.2) is 8.42 Å². The normalized spacial score (nSPS) is 18.6. The first kappa shape index (κ1) is 12.8. The number of nitrogen functional groups attached to an aromatic ring is 1. The van der Waals surface area contributed by atoms with Crippen LogP contribution in [0.5, 0.6) is 6.01 Å². The first-order valence-electron chi connectivity index (χ1n) is 5.60. The Balaban J connectivity index is 2.18. The van der Waals surface area contributed by atoms with Crippen molar-refractivity contribution in [3.8, 4) is 6.01 Å². The van der Waals surface area contributed by atoms with Crippen molar-refractivity contribution in [1.82, 2.24) is 15.0 Å². The summed E-state index contributed by atoms with van der Waals surface area (Å²) in [6.45, 7) is 2.96. The summed E-state index contributed by atoms with van der Waals surface area (Å²) in [5, 5.41) is 0. The molecule has 1 saturated heterocycles. The monoisotopic (exact) mass is 273 g/mol. The van der Waals surface area contributed by atoms with Gasteiger partial charge in [-0.15, -0.1) is 0 Å². The second kappa shape index (κ2) is 4.92. The quantitative estimate of drug-likeness (QED) is 0.753. The van der Waals surface area contributed by atoms with Crippen molar-refractivity contribution < 1.29 is 13.2 Å². The molecule has 1 fully saturated rings. The van der Waals surface area contributed by atoms with E-state index in [0.29, 0.717) is 25.6 Å². The summed E-state index contributed by atoms with van der Waals surface area (Å²) < 4.78 is 27.8. The number of hydrogen-bond acceptors (Lipinski definition) is 8. The van der Waals surface area contributed by atoms with Gasteiger partial charge >= 0.3 is 6.01 Å². The molecule has 0 atom stereocenters. The molecule has 2 N–H and O–H groups in total. The van der Waals surface area contributed by atoms with Gasteiger partial charge in [-0.1, -0.05) is 0 Å². The molecular weight excluding hydrogens is 258 g/mol. The molecule has 0 bridgehead atoms. The fourth-order valence-electron chi connectivity index (χ4n) is 1.61. The highest BCUT2D eigenvalue weighted by atomic mass is 32.2. The summed E-state index contributed by atoms with van der Waals surface area (Å²) in [5.74, 6) is 0.628. The number of aromatic nitrogens is 3. The molecular formula is C9H15N5O3S. The van der Waals surface area contributed by atoms with Gasteiger partial charge in [-0.3, -0.25) is 0 Å². The molecule has 0 aromatic carbocycles. The van der Waals surface area contributed by atoms with Crippen LogP contribution in [0.1, 0.15) is 6.92 Å². The number of anilines is 2. The van der Waals surface area contributed by atoms with Gasteiger partial charge in [0.1, 0.15) is 0 Å². The molecule has 0 unspecified atom stereocenters. The zero-order valence-corrected chi connectivity index (χ0v) is 10.9. The van der Waals surface area contributed by atoms with Crippen LogP contribution in [0.15, 0.2) is 0 Å². The molecule has 8 nitrogen and oxygen atoms in total. The first-order chi connectivity index (χ1) is 8.50. The Kier molecular flexibility index (Phi) is 3.50. The second-order valence-electron chi connectivity index (χ2n) is 3.85. The second-order valence-corrected chi connectivity index (χ2v) is 6.15. The van der Waals surface area contributed by atoms with Gasteiger partial charge < -0.3 is 15.4 Å². The molecule has 0 aliphatic carbocycles. The summed E-state index contributed by atoms with van der Waals surface area (Å²) in [7, 11) is -2.93. The number of nitrogens with zero attached hydrogens (tertiary/aromatic N) is 4. The minimum absolute atomic E-state index is 0.0666. The van der Waals surface area contributed by atoms with Crippen LogP contribution in [-0.4, -0.2) is 54.6 Å². The Morgan fingerprint density at radius 3 is 2.56 bits per heavy atom. The van der Waals surface area contributed by atoms with E-state index in [-0.39, 0.29) is 23.5 Å². The maximum Gasteiger partial charge on any atom is 0.323 e. The molecule has 1 aliphatic rings. The van der Waals surface area contributed by atoms with Crippen LogP contribution in [-0.2, 0) is 9.84 Å². The molecule has 2 heterocycles. The topological polar surface area (TPSA) is 111 Å². The zero-order valence-electron chi connectivity index (χ0n) is 10.0. The molecule has 1 aromatic rings. The van der Waals surface area contributed by atoms with Crippen LogP contribution >= 0.6 is 0 Å². The average molecular weight is 273 g/mol. The van der Waals surface area contributed by atoms with Crippen molar-refractivity contribution in [1.29, 1.82) is 0 Å². The largest absolute Gasteiger partial charge is 0.464 e. The lowest BCUT2D eigenvalue weighted by molar-refractivity contribution is 0.312. The molecule has 0 radical (unpaired) electrons. The van der Waals surface area contributed by atoms with E-state index in [1.807, 2.05) is 6.92 Å². The summed E-state index contributed by atoms with van der Waals surface area (Å²) in [5.41, 5.74) is 5.56. The van der Waals surface area contributed by atoms with Crippen LogP contribution in [0.25, 0.3) is 0 Å². The van der Waals surface area contributed by atoms with Crippen LogP contribution in [0.3, 0.4) is 0 Å². The zero-order chi connectivity index (χ0) is 13.2. The Labute approximate surface area is 105 Å². The van der Waals surface area contributed by atoms with E-state index >= 15 is 0 Å². The van der Waals surface area contributed by atoms with Crippen LogP contribution in [0.2, 0.25) is 0 Å². The number of ether oxygens (including phenoxy) is 1. The molecule has 0 amide bonds. The van der Waals surface area contributed by atoms with Gasteiger partial charge in [0.25, 0.3) is 0 Å². The lowest BCUT2D eigenvalue weighted by Gasteiger charge is -2.26. The van der Waals surface area contributed by atoms with Crippen molar-refractivity contribution in [3.63, 3.8) is 0 Å². The lowest BCUT2D eigenvalue weighted by atomic mass is 10.5. The van der Waals surface area contributed by atoms with Gasteiger partial charge in [-0.2, -0.15) is 15.0 Å². The predicted molar refractivity (Wildman–Crippen MR) is 66.3 cm³/mol. The first-order valence-corrected chi connectivity index (χ1v) is 7.42. The fourth-order valence-corrected chi connectivity index (χ4v) is 2.81. The molecule has 0 saturated carbocycles. The van der Waals surface area contributed by atoms with E-state index in [4.69, 9.17) is 10.5 Å². The number of sulfone groups is 1. The van der Waals surface area contributed by atoms with Gasteiger partial charge in [-0.05, 0) is 6.92 Å². The summed E-state index contributed by atoms with van der Waals surface area (Å²) in [6.07, 6.45) is 0. The number of rotatable bonds is 3. The van der Waals surface area contributed by atoms with E-state index in [2.05, 4.69) is 15.0 Å². The lowest BCUT2D eigenvalue weighted by Crippen LogP contribution is -2.41. The van der Waals surface area contributed by atoms with Crippen molar-refractivity contribution in [3.05, 3.63) is 0 Å². The van der Waals surface area contributed by atoms with Crippen LogP contribution in [0.4, 0.5) is 11.9 Å². The van der Waals surface area contributed by atoms with E-state index in [1.54, 1.807) is 4.90 Å². The predicted octanol–water partition coefficient (Wildman–Crippen LogP) is -0.913. The Hall–Kier alpha value is -1.64. The third kappa shape index (κ3) is 2.97. The maximum atomic E-state index is 11.3. The molecule has 9 heteroatoms. The van der Waals surface area contributed by atoms with Crippen molar-refractivity contribution in [2.75, 3.05) is 41.8 Å². The van der Waals surface area contributed by atoms with Crippen LogP contribution < -0.4 is 15.4 Å². The number of nitrogens with two attached hydrogens (primary N) is 1. The number of hydrogen-bond donors (Lipinski definition) is 1. The summed E-state index contributed by atoms with van der Waals surface area (Å²) in [4.78, 5) is 13.7. The van der Waals surface area contributed by atoms with Crippen molar-refractivity contribution in [2.45, 2.75) is 6.92 Å².